The summed E-state index contributed by atoms with van der Waals surface area (Å²) in [6.45, 7) is 3.90. The van der Waals surface area contributed by atoms with Gasteiger partial charge in [-0.2, -0.15) is 0 Å². The average molecular weight is 346 g/mol. The highest BCUT2D eigenvalue weighted by atomic mass is 31.2. The van der Waals surface area contributed by atoms with Gasteiger partial charge in [-0.05, 0) is 0 Å². The molecule has 0 atom stereocenters. The minimum Gasteiger partial charge on any atom is -0.323 e. The van der Waals surface area contributed by atoms with Crippen LogP contribution in [0.15, 0.2) is 0 Å². The Morgan fingerprint density at radius 2 is 1.05 bits per heavy atom. The van der Waals surface area contributed by atoms with E-state index in [0.717, 1.165) is 18.0 Å². The van der Waals surface area contributed by atoms with E-state index in [4.69, 9.17) is 0 Å². The molecular formula is C9H24N4O6P2. The lowest BCUT2D eigenvalue weighted by atomic mass is 10.4. The van der Waals surface area contributed by atoms with Crippen molar-refractivity contribution < 1.29 is 28.7 Å². The van der Waals surface area contributed by atoms with Crippen molar-refractivity contribution >= 4 is 15.2 Å². The van der Waals surface area contributed by atoms with Gasteiger partial charge >= 0.3 is 15.2 Å². The molecule has 0 spiro atoms. The van der Waals surface area contributed by atoms with Gasteiger partial charge in [-0.25, -0.2) is 0 Å². The molecule has 0 radical (unpaired) electrons. The molecule has 0 aromatic carbocycles. The molecule has 1 heterocycles. The van der Waals surface area contributed by atoms with Crippen molar-refractivity contribution in [3.8, 4) is 0 Å². The van der Waals surface area contributed by atoms with E-state index in [1.165, 1.54) is 0 Å². The molecule has 0 unspecified atom stereocenters. The van der Waals surface area contributed by atoms with Crippen LogP contribution in [-0.4, -0.2) is 82.4 Å². The third-order valence-electron chi connectivity index (χ3n) is 3.04. The first-order chi connectivity index (χ1) is 9.73. The van der Waals surface area contributed by atoms with Gasteiger partial charge in [0.15, 0.2) is 0 Å². The van der Waals surface area contributed by atoms with Crippen LogP contribution in [0, 0.1) is 0 Å². The predicted octanol–water partition coefficient (Wildman–Crippen LogP) is -2.29. The van der Waals surface area contributed by atoms with Crippen LogP contribution in [0.1, 0.15) is 0 Å². The molecule has 1 rings (SSSR count). The molecular weight excluding hydrogens is 322 g/mol. The van der Waals surface area contributed by atoms with Crippen LogP contribution in [0.5, 0.6) is 0 Å². The highest BCUT2D eigenvalue weighted by Crippen LogP contribution is 2.60. The van der Waals surface area contributed by atoms with E-state index >= 15 is 0 Å². The van der Waals surface area contributed by atoms with E-state index in [1.54, 1.807) is 0 Å². The summed E-state index contributed by atoms with van der Waals surface area (Å²) in [6.07, 6.45) is 0. The molecule has 10 nitrogen and oxygen atoms in total. The van der Waals surface area contributed by atoms with Crippen molar-refractivity contribution in [3.63, 3.8) is 0 Å². The quantitative estimate of drug-likeness (QED) is 0.278. The standard InChI is InChI=1S/C9H24N4O6P2/c14-20(15,16)9(21(17,18)19)13-7-5-11-3-1-10-2-4-12-6-8-13/h9-12H,1-8H2,(H2,14,15,16)(H2,17,18,19). The lowest BCUT2D eigenvalue weighted by molar-refractivity contribution is 0.224. The van der Waals surface area contributed by atoms with Crippen LogP contribution in [0.3, 0.4) is 0 Å². The molecule has 1 aliphatic heterocycles. The fraction of sp³-hybridized carbons (Fsp3) is 1.00. The van der Waals surface area contributed by atoms with Crippen LogP contribution < -0.4 is 16.0 Å². The summed E-state index contributed by atoms with van der Waals surface area (Å²) in [7, 11) is -9.90. The number of nitrogens with zero attached hydrogens (tertiary/aromatic N) is 1. The SMILES string of the molecule is O=P(O)(O)C(N1CCNCCNCCNCC1)P(=O)(O)O. The van der Waals surface area contributed by atoms with E-state index in [9.17, 15) is 28.7 Å². The zero-order valence-corrected chi connectivity index (χ0v) is 13.5. The van der Waals surface area contributed by atoms with Crippen molar-refractivity contribution in [2.45, 2.75) is 5.52 Å². The van der Waals surface area contributed by atoms with Gasteiger partial charge in [0.2, 0.25) is 5.52 Å². The molecule has 0 aromatic heterocycles. The molecule has 0 aromatic rings. The smallest absolute Gasteiger partial charge is 0.323 e. The van der Waals surface area contributed by atoms with Crippen LogP contribution in [-0.2, 0) is 9.13 Å². The topological polar surface area (TPSA) is 154 Å². The minimum absolute atomic E-state index is 0.141. The molecule has 1 aliphatic rings. The van der Waals surface area contributed by atoms with Gasteiger partial charge in [0.25, 0.3) is 0 Å². The predicted molar refractivity (Wildman–Crippen MR) is 78.1 cm³/mol. The van der Waals surface area contributed by atoms with Crippen molar-refractivity contribution in [1.82, 2.24) is 20.9 Å². The maximum absolute atomic E-state index is 11.5. The van der Waals surface area contributed by atoms with E-state index in [0.29, 0.717) is 26.2 Å². The molecule has 1 fully saturated rings. The number of rotatable bonds is 3. The highest BCUT2D eigenvalue weighted by molar-refractivity contribution is 7.70. The van der Waals surface area contributed by atoms with Crippen LogP contribution in [0.25, 0.3) is 0 Å². The van der Waals surface area contributed by atoms with Crippen molar-refractivity contribution in [1.29, 1.82) is 0 Å². The third kappa shape index (κ3) is 7.30. The monoisotopic (exact) mass is 346 g/mol. The average Bonchev–Trinajstić information content (AvgIpc) is 2.29. The Bertz CT molecular complexity index is 366. The third-order valence-corrected chi connectivity index (χ3v) is 6.70. The molecule has 0 amide bonds. The number of hydrogen-bond donors (Lipinski definition) is 7. The molecule has 7 N–H and O–H groups in total. The molecule has 0 bridgehead atoms. The highest BCUT2D eigenvalue weighted by Gasteiger charge is 2.47. The van der Waals surface area contributed by atoms with Crippen molar-refractivity contribution in [3.05, 3.63) is 0 Å². The summed E-state index contributed by atoms with van der Waals surface area (Å²) in [5.74, 6) is 0. The molecule has 12 heteroatoms. The van der Waals surface area contributed by atoms with Gasteiger partial charge in [0.1, 0.15) is 0 Å². The molecule has 126 valence electrons. The summed E-state index contributed by atoms with van der Waals surface area (Å²) in [5.41, 5.74) is -2.09. The summed E-state index contributed by atoms with van der Waals surface area (Å²) in [4.78, 5) is 38.3. The maximum Gasteiger partial charge on any atom is 0.354 e. The lowest BCUT2D eigenvalue weighted by Gasteiger charge is -2.32. The zero-order valence-electron chi connectivity index (χ0n) is 11.7. The van der Waals surface area contributed by atoms with Gasteiger partial charge in [-0.1, -0.05) is 0 Å². The summed E-state index contributed by atoms with van der Waals surface area (Å²) in [6, 6.07) is 0. The fourth-order valence-corrected chi connectivity index (χ4v) is 5.02. The summed E-state index contributed by atoms with van der Waals surface area (Å²) >= 11 is 0. The number of nitrogens with one attached hydrogen (secondary N) is 3. The van der Waals surface area contributed by atoms with E-state index in [-0.39, 0.29) is 13.1 Å². The van der Waals surface area contributed by atoms with E-state index < -0.39 is 20.7 Å². The second kappa shape index (κ2) is 8.69. The fourth-order valence-electron chi connectivity index (χ4n) is 2.14. The Morgan fingerprint density at radius 3 is 1.38 bits per heavy atom. The van der Waals surface area contributed by atoms with Gasteiger partial charge in [0, 0.05) is 52.4 Å². The summed E-state index contributed by atoms with van der Waals surface area (Å²) < 4.78 is 22.9. The Morgan fingerprint density at radius 1 is 0.714 bits per heavy atom. The van der Waals surface area contributed by atoms with Gasteiger partial charge in [-0.15, -0.1) is 0 Å². The molecule has 0 saturated carbocycles. The second-order valence-corrected chi connectivity index (χ2v) is 8.55. The lowest BCUT2D eigenvalue weighted by Crippen LogP contribution is -2.45. The Labute approximate surface area is 123 Å². The molecule has 1 saturated heterocycles. The molecule has 0 aliphatic carbocycles. The second-order valence-electron chi connectivity index (χ2n) is 4.81. The van der Waals surface area contributed by atoms with E-state index in [1.807, 2.05) is 0 Å². The first-order valence-electron chi connectivity index (χ1n) is 6.69. The largest absolute Gasteiger partial charge is 0.354 e. The van der Waals surface area contributed by atoms with E-state index in [2.05, 4.69) is 16.0 Å². The maximum atomic E-state index is 11.5. The van der Waals surface area contributed by atoms with Crippen LogP contribution >= 0.6 is 15.2 Å². The van der Waals surface area contributed by atoms with Gasteiger partial charge in [-0.3, -0.25) is 14.0 Å². The zero-order chi connectivity index (χ0) is 15.9. The molecule has 21 heavy (non-hydrogen) atoms. The Kier molecular flexibility index (Phi) is 7.94. The van der Waals surface area contributed by atoms with Crippen LogP contribution in [0.4, 0.5) is 0 Å². The summed E-state index contributed by atoms with van der Waals surface area (Å²) in [5, 5.41) is 9.32. The number of hydrogen-bond acceptors (Lipinski definition) is 6. The Hall–Kier alpha value is 0.140. The van der Waals surface area contributed by atoms with Gasteiger partial charge in [0.05, 0.1) is 0 Å². The van der Waals surface area contributed by atoms with Crippen molar-refractivity contribution in [2.75, 3.05) is 52.4 Å². The van der Waals surface area contributed by atoms with Crippen LogP contribution in [0.2, 0.25) is 0 Å². The first kappa shape index (κ1) is 19.2. The van der Waals surface area contributed by atoms with Gasteiger partial charge < -0.3 is 35.5 Å². The normalized spacial score (nSPS) is 21.8. The minimum atomic E-state index is -4.95. The first-order valence-corrected chi connectivity index (χ1v) is 10.1. The Balaban J connectivity index is 2.80. The van der Waals surface area contributed by atoms with Crippen molar-refractivity contribution in [2.24, 2.45) is 0 Å².